The van der Waals surface area contributed by atoms with Gasteiger partial charge in [0.15, 0.2) is 0 Å². The van der Waals surface area contributed by atoms with Crippen LogP contribution in [0.15, 0.2) is 18.2 Å². The maximum atomic E-state index is 9.16. The molecule has 0 heterocycles. The first-order valence-electron chi connectivity index (χ1n) is 4.48. The van der Waals surface area contributed by atoms with E-state index in [1.807, 2.05) is 19.1 Å². The SMILES string of the molecule is CCNC(CO)c1cccc(Cl)c1Cl. The van der Waals surface area contributed by atoms with Crippen LogP contribution >= 0.6 is 23.2 Å². The molecule has 0 saturated carbocycles. The van der Waals surface area contributed by atoms with Gasteiger partial charge in [-0.15, -0.1) is 0 Å². The molecule has 4 heteroatoms. The topological polar surface area (TPSA) is 32.3 Å². The fourth-order valence-electron chi connectivity index (χ4n) is 1.31. The predicted molar refractivity (Wildman–Crippen MR) is 60.0 cm³/mol. The van der Waals surface area contributed by atoms with Crippen molar-refractivity contribution >= 4 is 23.2 Å². The van der Waals surface area contributed by atoms with Gasteiger partial charge in [0.05, 0.1) is 22.7 Å². The van der Waals surface area contributed by atoms with E-state index in [0.29, 0.717) is 10.0 Å². The van der Waals surface area contributed by atoms with E-state index in [4.69, 9.17) is 28.3 Å². The lowest BCUT2D eigenvalue weighted by molar-refractivity contribution is 0.246. The Morgan fingerprint density at radius 3 is 2.71 bits per heavy atom. The third-order valence-corrected chi connectivity index (χ3v) is 2.82. The van der Waals surface area contributed by atoms with Gasteiger partial charge in [0.1, 0.15) is 0 Å². The molecule has 14 heavy (non-hydrogen) atoms. The summed E-state index contributed by atoms with van der Waals surface area (Å²) in [4.78, 5) is 0. The van der Waals surface area contributed by atoms with E-state index in [0.717, 1.165) is 12.1 Å². The van der Waals surface area contributed by atoms with Crippen molar-refractivity contribution < 1.29 is 5.11 Å². The monoisotopic (exact) mass is 233 g/mol. The van der Waals surface area contributed by atoms with E-state index in [9.17, 15) is 0 Å². The second-order valence-corrected chi connectivity index (χ2v) is 3.72. The van der Waals surface area contributed by atoms with Crippen LogP contribution in [0.25, 0.3) is 0 Å². The van der Waals surface area contributed by atoms with E-state index in [1.54, 1.807) is 6.07 Å². The van der Waals surface area contributed by atoms with Crippen LogP contribution in [-0.2, 0) is 0 Å². The molecule has 0 aliphatic carbocycles. The first-order chi connectivity index (χ1) is 6.70. The quantitative estimate of drug-likeness (QED) is 0.839. The Bertz CT molecular complexity index is 304. The zero-order valence-electron chi connectivity index (χ0n) is 7.93. The Morgan fingerprint density at radius 1 is 1.43 bits per heavy atom. The van der Waals surface area contributed by atoms with Crippen molar-refractivity contribution in [3.8, 4) is 0 Å². The molecular weight excluding hydrogens is 221 g/mol. The average molecular weight is 234 g/mol. The molecule has 0 spiro atoms. The molecule has 1 rings (SSSR count). The van der Waals surface area contributed by atoms with Crippen LogP contribution < -0.4 is 5.32 Å². The summed E-state index contributed by atoms with van der Waals surface area (Å²) in [6.07, 6.45) is 0. The maximum absolute atomic E-state index is 9.16. The molecule has 0 radical (unpaired) electrons. The molecule has 0 aromatic heterocycles. The van der Waals surface area contributed by atoms with Gasteiger partial charge >= 0.3 is 0 Å². The van der Waals surface area contributed by atoms with Gasteiger partial charge in [0.2, 0.25) is 0 Å². The van der Waals surface area contributed by atoms with Gasteiger partial charge in [-0.2, -0.15) is 0 Å². The number of rotatable bonds is 4. The van der Waals surface area contributed by atoms with E-state index >= 15 is 0 Å². The van der Waals surface area contributed by atoms with Gasteiger partial charge in [-0.05, 0) is 18.2 Å². The molecule has 0 bridgehead atoms. The van der Waals surface area contributed by atoms with Gasteiger partial charge in [-0.25, -0.2) is 0 Å². The number of aliphatic hydroxyl groups excluding tert-OH is 1. The van der Waals surface area contributed by atoms with Crippen molar-refractivity contribution in [3.63, 3.8) is 0 Å². The summed E-state index contributed by atoms with van der Waals surface area (Å²) in [5.41, 5.74) is 0.837. The second kappa shape index (κ2) is 5.56. The fraction of sp³-hybridized carbons (Fsp3) is 0.400. The standard InChI is InChI=1S/C10H13Cl2NO/c1-2-13-9(6-14)7-4-3-5-8(11)10(7)12/h3-5,9,13-14H,2,6H2,1H3. The normalized spacial score (nSPS) is 12.9. The van der Waals surface area contributed by atoms with Crippen LogP contribution in [0.4, 0.5) is 0 Å². The van der Waals surface area contributed by atoms with Crippen molar-refractivity contribution in [2.24, 2.45) is 0 Å². The van der Waals surface area contributed by atoms with Gasteiger partial charge < -0.3 is 10.4 Å². The third kappa shape index (κ3) is 2.61. The van der Waals surface area contributed by atoms with Crippen LogP contribution in [0.5, 0.6) is 0 Å². The smallest absolute Gasteiger partial charge is 0.0640 e. The molecule has 2 nitrogen and oxygen atoms in total. The number of aliphatic hydroxyl groups is 1. The Kier molecular flexibility index (Phi) is 4.69. The molecule has 0 aliphatic rings. The van der Waals surface area contributed by atoms with E-state index < -0.39 is 0 Å². The molecule has 1 aromatic carbocycles. The number of hydrogen-bond acceptors (Lipinski definition) is 2. The van der Waals surface area contributed by atoms with Crippen LogP contribution in [0, 0.1) is 0 Å². The zero-order valence-corrected chi connectivity index (χ0v) is 9.44. The van der Waals surface area contributed by atoms with Crippen molar-refractivity contribution in [3.05, 3.63) is 33.8 Å². The summed E-state index contributed by atoms with van der Waals surface area (Å²) in [6.45, 7) is 2.75. The Labute approximate surface area is 93.8 Å². The number of likely N-dealkylation sites (N-methyl/N-ethyl adjacent to an activating group) is 1. The number of halogens is 2. The summed E-state index contributed by atoms with van der Waals surface area (Å²) < 4.78 is 0. The molecule has 0 fully saturated rings. The van der Waals surface area contributed by atoms with Crippen LogP contribution in [0.2, 0.25) is 10.0 Å². The largest absolute Gasteiger partial charge is 0.394 e. The summed E-state index contributed by atoms with van der Waals surface area (Å²) in [5, 5.41) is 13.3. The Balaban J connectivity index is 2.97. The number of nitrogens with one attached hydrogen (secondary N) is 1. The summed E-state index contributed by atoms with van der Waals surface area (Å²) >= 11 is 11.9. The first-order valence-corrected chi connectivity index (χ1v) is 5.24. The highest BCUT2D eigenvalue weighted by atomic mass is 35.5. The maximum Gasteiger partial charge on any atom is 0.0640 e. The summed E-state index contributed by atoms with van der Waals surface area (Å²) in [6, 6.07) is 5.26. The highest BCUT2D eigenvalue weighted by Crippen LogP contribution is 2.29. The molecule has 1 atom stereocenters. The van der Waals surface area contributed by atoms with E-state index in [-0.39, 0.29) is 12.6 Å². The highest BCUT2D eigenvalue weighted by Gasteiger charge is 2.13. The van der Waals surface area contributed by atoms with Crippen LogP contribution in [0.1, 0.15) is 18.5 Å². The van der Waals surface area contributed by atoms with Gasteiger partial charge in [0.25, 0.3) is 0 Å². The lowest BCUT2D eigenvalue weighted by Gasteiger charge is -2.17. The summed E-state index contributed by atoms with van der Waals surface area (Å²) in [5.74, 6) is 0. The second-order valence-electron chi connectivity index (χ2n) is 2.94. The molecule has 1 unspecified atom stereocenters. The molecule has 0 aliphatic heterocycles. The van der Waals surface area contributed by atoms with Crippen molar-refractivity contribution in [1.82, 2.24) is 5.32 Å². The molecular formula is C10H13Cl2NO. The fourth-order valence-corrected chi connectivity index (χ4v) is 1.75. The molecule has 0 saturated heterocycles. The van der Waals surface area contributed by atoms with Gasteiger partial charge in [-0.1, -0.05) is 42.3 Å². The van der Waals surface area contributed by atoms with Crippen molar-refractivity contribution in [1.29, 1.82) is 0 Å². The molecule has 2 N–H and O–H groups in total. The first kappa shape index (κ1) is 11.8. The van der Waals surface area contributed by atoms with Gasteiger partial charge in [-0.3, -0.25) is 0 Å². The summed E-state index contributed by atoms with van der Waals surface area (Å²) in [7, 11) is 0. The van der Waals surface area contributed by atoms with Crippen LogP contribution in [-0.4, -0.2) is 18.3 Å². The minimum absolute atomic E-state index is 0.00784. The Morgan fingerprint density at radius 2 is 2.14 bits per heavy atom. The molecule has 1 aromatic rings. The van der Waals surface area contributed by atoms with E-state index in [2.05, 4.69) is 5.32 Å². The average Bonchev–Trinajstić information content (AvgIpc) is 2.19. The number of hydrogen-bond donors (Lipinski definition) is 2. The minimum Gasteiger partial charge on any atom is -0.394 e. The zero-order chi connectivity index (χ0) is 10.6. The lowest BCUT2D eigenvalue weighted by atomic mass is 10.1. The molecule has 0 amide bonds. The van der Waals surface area contributed by atoms with E-state index in [1.165, 1.54) is 0 Å². The number of benzene rings is 1. The third-order valence-electron chi connectivity index (χ3n) is 1.99. The van der Waals surface area contributed by atoms with Gasteiger partial charge in [0, 0.05) is 0 Å². The highest BCUT2D eigenvalue weighted by molar-refractivity contribution is 6.42. The van der Waals surface area contributed by atoms with Crippen molar-refractivity contribution in [2.75, 3.05) is 13.2 Å². The predicted octanol–water partition coefficient (Wildman–Crippen LogP) is 2.64. The molecule has 78 valence electrons. The lowest BCUT2D eigenvalue weighted by Crippen LogP contribution is -2.24. The van der Waals surface area contributed by atoms with Crippen LogP contribution in [0.3, 0.4) is 0 Å². The minimum atomic E-state index is -0.147. The van der Waals surface area contributed by atoms with Crippen molar-refractivity contribution in [2.45, 2.75) is 13.0 Å². The Hall–Kier alpha value is -0.280.